The van der Waals surface area contributed by atoms with Gasteiger partial charge in [0.15, 0.2) is 23.0 Å². The third-order valence-electron chi connectivity index (χ3n) is 4.29. The smallest absolute Gasteiger partial charge is 0.267 e. The van der Waals surface area contributed by atoms with Gasteiger partial charge in [-0.15, -0.1) is 0 Å². The van der Waals surface area contributed by atoms with Crippen LogP contribution in [0.5, 0.6) is 23.0 Å². The number of hydrogen-bond donors (Lipinski definition) is 0. The zero-order valence-electron chi connectivity index (χ0n) is 13.9. The molecule has 0 saturated carbocycles. The van der Waals surface area contributed by atoms with E-state index >= 15 is 0 Å². The molecule has 2 aliphatic rings. The first-order valence-electron chi connectivity index (χ1n) is 8.30. The Labute approximate surface area is 145 Å². The van der Waals surface area contributed by atoms with E-state index in [4.69, 9.17) is 18.9 Å². The van der Waals surface area contributed by atoms with Gasteiger partial charge in [-0.1, -0.05) is 18.2 Å². The number of fused-ring (bicyclic) bond motifs is 2. The Morgan fingerprint density at radius 1 is 1.04 bits per heavy atom. The Morgan fingerprint density at radius 2 is 1.80 bits per heavy atom. The van der Waals surface area contributed by atoms with Gasteiger partial charge in [-0.05, 0) is 36.8 Å². The molecule has 0 saturated heterocycles. The number of hydrogen-bond acceptors (Lipinski definition) is 5. The van der Waals surface area contributed by atoms with Crippen LogP contribution >= 0.6 is 0 Å². The summed E-state index contributed by atoms with van der Waals surface area (Å²) >= 11 is 0. The Bertz CT molecular complexity index is 791. The monoisotopic (exact) mass is 341 g/mol. The predicted octanol–water partition coefficient (Wildman–Crippen LogP) is 2.60. The molecular weight excluding hydrogens is 322 g/mol. The van der Waals surface area contributed by atoms with Gasteiger partial charge in [0.1, 0.15) is 6.61 Å². The second-order valence-electron chi connectivity index (χ2n) is 5.90. The Balaban J connectivity index is 1.47. The lowest BCUT2D eigenvalue weighted by Gasteiger charge is -2.30. The molecule has 2 aliphatic heterocycles. The second kappa shape index (κ2) is 6.55. The van der Waals surface area contributed by atoms with Crippen molar-refractivity contribution in [2.24, 2.45) is 0 Å². The highest BCUT2D eigenvalue weighted by molar-refractivity contribution is 5.82. The quantitative estimate of drug-likeness (QED) is 0.856. The summed E-state index contributed by atoms with van der Waals surface area (Å²) < 4.78 is 22.2. The summed E-state index contributed by atoms with van der Waals surface area (Å²) in [7, 11) is 0. The molecule has 0 fully saturated rings. The van der Waals surface area contributed by atoms with E-state index in [1.807, 2.05) is 49.4 Å². The summed E-state index contributed by atoms with van der Waals surface area (Å²) in [6.45, 7) is 3.46. The van der Waals surface area contributed by atoms with Gasteiger partial charge in [0.05, 0.1) is 0 Å². The number of rotatable bonds is 4. The second-order valence-corrected chi connectivity index (χ2v) is 5.90. The zero-order valence-corrected chi connectivity index (χ0v) is 13.9. The molecule has 130 valence electrons. The molecule has 2 aromatic carbocycles. The highest BCUT2D eigenvalue weighted by Gasteiger charge is 2.30. The molecule has 1 amide bonds. The molecule has 25 heavy (non-hydrogen) atoms. The van der Waals surface area contributed by atoms with Crippen LogP contribution in [0.3, 0.4) is 0 Å². The average molecular weight is 341 g/mol. The summed E-state index contributed by atoms with van der Waals surface area (Å²) in [4.78, 5) is 14.6. The number of carbonyl (C=O) groups excluding carboxylic acids is 1. The van der Waals surface area contributed by atoms with E-state index in [1.165, 1.54) is 0 Å². The van der Waals surface area contributed by atoms with E-state index in [0.717, 1.165) is 11.3 Å². The largest absolute Gasteiger partial charge is 0.485 e. The first-order valence-corrected chi connectivity index (χ1v) is 8.30. The van der Waals surface area contributed by atoms with Crippen molar-refractivity contribution in [2.75, 3.05) is 19.9 Å². The molecule has 6 nitrogen and oxygen atoms in total. The molecule has 0 aliphatic carbocycles. The van der Waals surface area contributed by atoms with Gasteiger partial charge in [-0.3, -0.25) is 4.79 Å². The topological polar surface area (TPSA) is 57.2 Å². The molecule has 6 heteroatoms. The number of nitrogens with zero attached hydrogens (tertiary/aromatic N) is 1. The molecule has 0 bridgehead atoms. The van der Waals surface area contributed by atoms with Crippen LogP contribution < -0.4 is 18.9 Å². The maximum absolute atomic E-state index is 12.8. The van der Waals surface area contributed by atoms with E-state index in [9.17, 15) is 4.79 Å². The number of likely N-dealkylation sites (N-methyl/N-ethyl adjacent to an activating group) is 1. The number of para-hydroxylation sites is 2. The molecule has 2 heterocycles. The van der Waals surface area contributed by atoms with Gasteiger partial charge in [0, 0.05) is 13.1 Å². The Hall–Kier alpha value is -2.89. The number of amides is 1. The fourth-order valence-corrected chi connectivity index (χ4v) is 2.95. The van der Waals surface area contributed by atoms with Gasteiger partial charge in [-0.25, -0.2) is 0 Å². The highest BCUT2D eigenvalue weighted by atomic mass is 16.7. The van der Waals surface area contributed by atoms with Crippen LogP contribution in [0.15, 0.2) is 42.5 Å². The van der Waals surface area contributed by atoms with E-state index in [2.05, 4.69) is 0 Å². The van der Waals surface area contributed by atoms with Gasteiger partial charge in [0.25, 0.3) is 5.91 Å². The molecule has 0 N–H and O–H groups in total. The third kappa shape index (κ3) is 3.07. The average Bonchev–Trinajstić information content (AvgIpc) is 3.13. The fourth-order valence-electron chi connectivity index (χ4n) is 2.95. The van der Waals surface area contributed by atoms with Gasteiger partial charge in [0.2, 0.25) is 12.9 Å². The minimum absolute atomic E-state index is 0.0883. The lowest BCUT2D eigenvalue weighted by Crippen LogP contribution is -2.46. The predicted molar refractivity (Wildman–Crippen MR) is 90.0 cm³/mol. The van der Waals surface area contributed by atoms with Crippen molar-refractivity contribution < 1.29 is 23.7 Å². The van der Waals surface area contributed by atoms with Crippen LogP contribution in [0.4, 0.5) is 0 Å². The summed E-state index contributed by atoms with van der Waals surface area (Å²) in [5.41, 5.74) is 0.983. The molecule has 1 atom stereocenters. The minimum atomic E-state index is -0.635. The van der Waals surface area contributed by atoms with E-state index in [0.29, 0.717) is 30.3 Å². The molecule has 4 rings (SSSR count). The molecular formula is C19H19NO5. The van der Waals surface area contributed by atoms with Crippen molar-refractivity contribution in [1.29, 1.82) is 0 Å². The SMILES string of the molecule is CCN(Cc1ccc2c(c1)OCO2)C(=O)[C@@H]1COc2ccccc2O1. The number of benzene rings is 2. The van der Waals surface area contributed by atoms with Crippen molar-refractivity contribution >= 4 is 5.91 Å². The van der Waals surface area contributed by atoms with Crippen LogP contribution in [-0.4, -0.2) is 36.9 Å². The molecule has 2 aromatic rings. The van der Waals surface area contributed by atoms with E-state index in [-0.39, 0.29) is 19.3 Å². The normalized spacial score (nSPS) is 17.2. The van der Waals surface area contributed by atoms with Crippen LogP contribution in [0, 0.1) is 0 Å². The lowest BCUT2D eigenvalue weighted by atomic mass is 10.1. The third-order valence-corrected chi connectivity index (χ3v) is 4.29. The van der Waals surface area contributed by atoms with Gasteiger partial charge in [-0.2, -0.15) is 0 Å². The maximum Gasteiger partial charge on any atom is 0.267 e. The van der Waals surface area contributed by atoms with E-state index in [1.54, 1.807) is 4.90 Å². The van der Waals surface area contributed by atoms with Crippen LogP contribution in [0.2, 0.25) is 0 Å². The highest BCUT2D eigenvalue weighted by Crippen LogP contribution is 2.33. The van der Waals surface area contributed by atoms with Crippen LogP contribution in [0.1, 0.15) is 12.5 Å². The molecule has 0 aromatic heterocycles. The van der Waals surface area contributed by atoms with Crippen LogP contribution in [-0.2, 0) is 11.3 Å². The first-order chi connectivity index (χ1) is 12.2. The van der Waals surface area contributed by atoms with Crippen molar-refractivity contribution in [3.05, 3.63) is 48.0 Å². The van der Waals surface area contributed by atoms with Crippen molar-refractivity contribution in [3.63, 3.8) is 0 Å². The summed E-state index contributed by atoms with van der Waals surface area (Å²) in [6, 6.07) is 13.1. The van der Waals surface area contributed by atoms with E-state index < -0.39 is 6.10 Å². The summed E-state index contributed by atoms with van der Waals surface area (Å²) in [6.07, 6.45) is -0.635. The van der Waals surface area contributed by atoms with Gasteiger partial charge >= 0.3 is 0 Å². The molecule has 0 unspecified atom stereocenters. The standard InChI is InChI=1S/C19H19NO5/c1-2-20(10-13-7-8-15-17(9-13)24-12-23-15)19(21)18-11-22-14-5-3-4-6-16(14)25-18/h3-9,18H,2,10-12H2,1H3/t18-/m0/s1. The first kappa shape index (κ1) is 15.6. The van der Waals surface area contributed by atoms with Crippen molar-refractivity contribution in [3.8, 4) is 23.0 Å². The molecule has 0 radical (unpaired) electrons. The molecule has 0 spiro atoms. The van der Waals surface area contributed by atoms with Gasteiger partial charge < -0.3 is 23.8 Å². The number of ether oxygens (including phenoxy) is 4. The van der Waals surface area contributed by atoms with Crippen LogP contribution in [0.25, 0.3) is 0 Å². The summed E-state index contributed by atoms with van der Waals surface area (Å²) in [5, 5.41) is 0. The number of carbonyl (C=O) groups is 1. The fraction of sp³-hybridized carbons (Fsp3) is 0.316. The Morgan fingerprint density at radius 3 is 2.64 bits per heavy atom. The lowest BCUT2D eigenvalue weighted by molar-refractivity contribution is -0.141. The van der Waals surface area contributed by atoms with Crippen molar-refractivity contribution in [1.82, 2.24) is 4.90 Å². The summed E-state index contributed by atoms with van der Waals surface area (Å²) in [5.74, 6) is 2.64. The minimum Gasteiger partial charge on any atom is -0.485 e. The zero-order chi connectivity index (χ0) is 17.2. The van der Waals surface area contributed by atoms with Crippen molar-refractivity contribution in [2.45, 2.75) is 19.6 Å². The maximum atomic E-state index is 12.8. The Kier molecular flexibility index (Phi) is 4.09.